The summed E-state index contributed by atoms with van der Waals surface area (Å²) >= 11 is 0. The first-order valence-electron chi connectivity index (χ1n) is 6.40. The minimum Gasteiger partial charge on any atom is -0.373 e. The Bertz CT molecular complexity index is 423. The third kappa shape index (κ3) is 2.27. The Kier molecular flexibility index (Phi) is 2.74. The fraction of sp³-hybridized carbons (Fsp3) is 0.692. The molecular weight excluding hydrogens is 216 g/mol. The first kappa shape index (κ1) is 11.0. The predicted octanol–water partition coefficient (Wildman–Crippen LogP) is 2.27. The van der Waals surface area contributed by atoms with Gasteiger partial charge in [-0.05, 0) is 32.6 Å². The lowest BCUT2D eigenvalue weighted by atomic mass is 9.90. The van der Waals surface area contributed by atoms with Crippen LogP contribution in [0.3, 0.4) is 0 Å². The smallest absolute Gasteiger partial charge is 0.133 e. The summed E-state index contributed by atoms with van der Waals surface area (Å²) < 4.78 is 7.79. The molecule has 1 aromatic heterocycles. The molecule has 1 saturated carbocycles. The van der Waals surface area contributed by atoms with E-state index < -0.39 is 0 Å². The molecule has 2 unspecified atom stereocenters. The third-order valence-corrected chi connectivity index (χ3v) is 3.77. The summed E-state index contributed by atoms with van der Waals surface area (Å²) in [6, 6.07) is 0.607. The van der Waals surface area contributed by atoms with Crippen molar-refractivity contribution in [1.29, 1.82) is 0 Å². The van der Waals surface area contributed by atoms with Crippen LogP contribution in [0.2, 0.25) is 0 Å². The minimum atomic E-state index is 0.0603. The van der Waals surface area contributed by atoms with E-state index in [1.165, 1.54) is 12.8 Å². The second kappa shape index (κ2) is 4.26. The third-order valence-electron chi connectivity index (χ3n) is 3.77. The van der Waals surface area contributed by atoms with Gasteiger partial charge in [-0.1, -0.05) is 0 Å². The molecule has 4 nitrogen and oxygen atoms in total. The standard InChI is InChI=1S/C13H18N2O2/c1-9(16)10-4-5-17-13(6-10)11-7-14-15(8-11)12-2-3-12/h7-8,10,12-13H,2-6H2,1H3. The number of Topliss-reactive ketones (excluding diaryl/α,β-unsaturated/α-hetero) is 1. The highest BCUT2D eigenvalue weighted by Gasteiger charge is 2.29. The van der Waals surface area contributed by atoms with Crippen LogP contribution in [0.1, 0.15) is 50.3 Å². The molecule has 2 aliphatic rings. The van der Waals surface area contributed by atoms with Crippen LogP contribution in [-0.2, 0) is 9.53 Å². The number of aromatic nitrogens is 2. The van der Waals surface area contributed by atoms with Crippen molar-refractivity contribution in [3.05, 3.63) is 18.0 Å². The maximum Gasteiger partial charge on any atom is 0.133 e. The summed E-state index contributed by atoms with van der Waals surface area (Å²) in [6.07, 6.45) is 8.20. The van der Waals surface area contributed by atoms with Crippen molar-refractivity contribution in [2.24, 2.45) is 5.92 Å². The van der Waals surface area contributed by atoms with E-state index in [-0.39, 0.29) is 17.8 Å². The van der Waals surface area contributed by atoms with Crippen LogP contribution < -0.4 is 0 Å². The number of rotatable bonds is 3. The van der Waals surface area contributed by atoms with Crippen LogP contribution in [0.15, 0.2) is 12.4 Å². The minimum absolute atomic E-state index is 0.0603. The maximum absolute atomic E-state index is 11.4. The van der Waals surface area contributed by atoms with E-state index in [9.17, 15) is 4.79 Å². The van der Waals surface area contributed by atoms with Gasteiger partial charge in [0.15, 0.2) is 0 Å². The molecule has 1 saturated heterocycles. The van der Waals surface area contributed by atoms with Gasteiger partial charge in [0.05, 0.1) is 18.3 Å². The number of nitrogens with zero attached hydrogens (tertiary/aromatic N) is 2. The van der Waals surface area contributed by atoms with E-state index in [0.29, 0.717) is 12.6 Å². The molecule has 1 aromatic rings. The molecule has 0 aromatic carbocycles. The zero-order chi connectivity index (χ0) is 11.8. The van der Waals surface area contributed by atoms with Gasteiger partial charge in [0.2, 0.25) is 0 Å². The molecule has 0 amide bonds. The number of carbonyl (C=O) groups excluding carboxylic acids is 1. The van der Waals surface area contributed by atoms with Crippen LogP contribution in [0.25, 0.3) is 0 Å². The Morgan fingerprint density at radius 3 is 3.00 bits per heavy atom. The van der Waals surface area contributed by atoms with Crippen molar-refractivity contribution < 1.29 is 9.53 Å². The molecule has 4 heteroatoms. The molecule has 2 atom stereocenters. The molecule has 0 bridgehead atoms. The zero-order valence-corrected chi connectivity index (χ0v) is 10.1. The van der Waals surface area contributed by atoms with Crippen LogP contribution >= 0.6 is 0 Å². The van der Waals surface area contributed by atoms with Gasteiger partial charge >= 0.3 is 0 Å². The van der Waals surface area contributed by atoms with Crippen LogP contribution in [0, 0.1) is 5.92 Å². The highest BCUT2D eigenvalue weighted by molar-refractivity contribution is 5.78. The summed E-state index contributed by atoms with van der Waals surface area (Å²) in [5, 5.41) is 4.38. The summed E-state index contributed by atoms with van der Waals surface area (Å²) in [4.78, 5) is 11.4. The van der Waals surface area contributed by atoms with Crippen molar-refractivity contribution >= 4 is 5.78 Å². The molecule has 1 aliphatic heterocycles. The first-order valence-corrected chi connectivity index (χ1v) is 6.40. The average Bonchev–Trinajstić information content (AvgIpc) is 3.07. The van der Waals surface area contributed by atoms with Crippen molar-refractivity contribution in [3.63, 3.8) is 0 Å². The molecule has 92 valence electrons. The van der Waals surface area contributed by atoms with Crippen LogP contribution in [-0.4, -0.2) is 22.2 Å². The highest BCUT2D eigenvalue weighted by atomic mass is 16.5. The summed E-state index contributed by atoms with van der Waals surface area (Å²) in [7, 11) is 0. The topological polar surface area (TPSA) is 44.1 Å². The highest BCUT2D eigenvalue weighted by Crippen LogP contribution is 2.36. The van der Waals surface area contributed by atoms with Gasteiger partial charge in [-0.25, -0.2) is 0 Å². The van der Waals surface area contributed by atoms with Crippen LogP contribution in [0.4, 0.5) is 0 Å². The molecule has 0 radical (unpaired) electrons. The Balaban J connectivity index is 1.71. The van der Waals surface area contributed by atoms with Gasteiger partial charge in [-0.2, -0.15) is 5.10 Å². The van der Waals surface area contributed by atoms with Crippen molar-refractivity contribution in [1.82, 2.24) is 9.78 Å². The van der Waals surface area contributed by atoms with Crippen LogP contribution in [0.5, 0.6) is 0 Å². The molecule has 2 fully saturated rings. The first-order chi connectivity index (χ1) is 8.24. The SMILES string of the molecule is CC(=O)C1CCOC(c2cnn(C3CC3)c2)C1. The number of ether oxygens (including phenoxy) is 1. The maximum atomic E-state index is 11.4. The fourth-order valence-electron chi connectivity index (χ4n) is 2.46. The van der Waals surface area contributed by atoms with Gasteiger partial charge in [0, 0.05) is 24.3 Å². The molecule has 17 heavy (non-hydrogen) atoms. The monoisotopic (exact) mass is 234 g/mol. The van der Waals surface area contributed by atoms with Crippen molar-refractivity contribution in [2.45, 2.75) is 44.8 Å². The van der Waals surface area contributed by atoms with Gasteiger partial charge in [0.25, 0.3) is 0 Å². The lowest BCUT2D eigenvalue weighted by molar-refractivity contribution is -0.125. The number of carbonyl (C=O) groups is 1. The number of hydrogen-bond donors (Lipinski definition) is 0. The van der Waals surface area contributed by atoms with Gasteiger partial charge in [-0.15, -0.1) is 0 Å². The summed E-state index contributed by atoms with van der Waals surface area (Å²) in [6.45, 7) is 2.37. The molecule has 1 aliphatic carbocycles. The Morgan fingerprint density at radius 1 is 1.47 bits per heavy atom. The Hall–Kier alpha value is -1.16. The van der Waals surface area contributed by atoms with Crippen molar-refractivity contribution in [3.8, 4) is 0 Å². The van der Waals surface area contributed by atoms with Gasteiger partial charge in [0.1, 0.15) is 5.78 Å². The molecule has 3 rings (SSSR count). The zero-order valence-electron chi connectivity index (χ0n) is 10.1. The largest absolute Gasteiger partial charge is 0.373 e. The Labute approximate surface area is 101 Å². The number of hydrogen-bond acceptors (Lipinski definition) is 3. The predicted molar refractivity (Wildman–Crippen MR) is 62.6 cm³/mol. The summed E-state index contributed by atoms with van der Waals surface area (Å²) in [5.41, 5.74) is 1.13. The second-order valence-electron chi connectivity index (χ2n) is 5.18. The average molecular weight is 234 g/mol. The summed E-state index contributed by atoms with van der Waals surface area (Å²) in [5.74, 6) is 0.450. The van der Waals surface area contributed by atoms with Gasteiger partial charge < -0.3 is 4.74 Å². The van der Waals surface area contributed by atoms with E-state index in [2.05, 4.69) is 11.3 Å². The van der Waals surface area contributed by atoms with E-state index in [4.69, 9.17) is 4.74 Å². The lowest BCUT2D eigenvalue weighted by Gasteiger charge is -2.27. The van der Waals surface area contributed by atoms with Crippen molar-refractivity contribution in [2.75, 3.05) is 6.61 Å². The lowest BCUT2D eigenvalue weighted by Crippen LogP contribution is -2.24. The fourth-order valence-corrected chi connectivity index (χ4v) is 2.46. The molecule has 0 N–H and O–H groups in total. The molecule has 0 spiro atoms. The van der Waals surface area contributed by atoms with E-state index >= 15 is 0 Å². The second-order valence-corrected chi connectivity index (χ2v) is 5.18. The van der Waals surface area contributed by atoms with E-state index in [0.717, 1.165) is 18.4 Å². The van der Waals surface area contributed by atoms with E-state index in [1.54, 1.807) is 6.92 Å². The van der Waals surface area contributed by atoms with E-state index in [1.807, 2.05) is 10.9 Å². The number of ketones is 1. The Morgan fingerprint density at radius 2 is 2.29 bits per heavy atom. The van der Waals surface area contributed by atoms with Gasteiger partial charge in [-0.3, -0.25) is 9.48 Å². The molecule has 2 heterocycles. The normalized spacial score (nSPS) is 29.2. The molecular formula is C13H18N2O2. The quantitative estimate of drug-likeness (QED) is 0.806.